The molecule has 0 fully saturated rings. The van der Waals surface area contributed by atoms with Crippen LogP contribution in [0.4, 0.5) is 0 Å². The highest BCUT2D eigenvalue weighted by Crippen LogP contribution is 2.28. The monoisotopic (exact) mass is 519 g/mol. The zero-order valence-corrected chi connectivity index (χ0v) is 20.4. The van der Waals surface area contributed by atoms with E-state index in [1.165, 1.54) is 18.7 Å². The number of nitrogens with zero attached hydrogens (tertiary/aromatic N) is 2. The van der Waals surface area contributed by atoms with Crippen LogP contribution in [0.1, 0.15) is 12.5 Å². The van der Waals surface area contributed by atoms with E-state index in [9.17, 15) is 9.59 Å². The number of aromatic nitrogens is 2. The van der Waals surface area contributed by atoms with E-state index < -0.39 is 6.04 Å². The van der Waals surface area contributed by atoms with E-state index in [0.717, 1.165) is 31.5 Å². The lowest BCUT2D eigenvalue weighted by Gasteiger charge is -2.16. The Bertz CT molecular complexity index is 1280. The molecule has 0 radical (unpaired) electrons. The average Bonchev–Trinajstić information content (AvgIpc) is 2.83. The topological polar surface area (TPSA) is 72.0 Å². The van der Waals surface area contributed by atoms with Crippen LogP contribution >= 0.6 is 27.7 Å². The molecule has 4 rings (SSSR count). The Morgan fingerprint density at radius 1 is 0.939 bits per heavy atom. The van der Waals surface area contributed by atoms with E-state index in [1.54, 1.807) is 0 Å². The fraction of sp³-hybridized carbons (Fsp3) is 0.154. The van der Waals surface area contributed by atoms with Crippen molar-refractivity contribution in [2.24, 2.45) is 0 Å². The number of carbonyl (C=O) groups excluding carboxylic acids is 2. The van der Waals surface area contributed by atoms with Crippen molar-refractivity contribution in [1.82, 2.24) is 15.3 Å². The quantitative estimate of drug-likeness (QED) is 0.247. The van der Waals surface area contributed by atoms with Crippen LogP contribution in [0.3, 0.4) is 0 Å². The molecule has 0 spiro atoms. The highest BCUT2D eigenvalue weighted by atomic mass is 79.9. The first-order chi connectivity index (χ1) is 16.0. The number of rotatable bonds is 8. The maximum Gasteiger partial charge on any atom is 0.231 e. The highest BCUT2D eigenvalue weighted by Gasteiger charge is 2.18. The van der Waals surface area contributed by atoms with Gasteiger partial charge in [-0.15, -0.1) is 0 Å². The van der Waals surface area contributed by atoms with E-state index in [0.29, 0.717) is 12.2 Å². The van der Waals surface area contributed by atoms with Crippen molar-refractivity contribution in [3.63, 3.8) is 0 Å². The minimum Gasteiger partial charge on any atom is -0.345 e. The molecule has 166 valence electrons. The number of Topliss-reactive ketones (excluding diaryl/α,β-unsaturated/α-hetero) is 1. The maximum absolute atomic E-state index is 12.7. The predicted molar refractivity (Wildman–Crippen MR) is 136 cm³/mol. The van der Waals surface area contributed by atoms with Gasteiger partial charge in [0, 0.05) is 15.4 Å². The zero-order chi connectivity index (χ0) is 23.2. The van der Waals surface area contributed by atoms with Gasteiger partial charge in [-0.05, 0) is 37.1 Å². The highest BCUT2D eigenvalue weighted by molar-refractivity contribution is 9.10. The summed E-state index contributed by atoms with van der Waals surface area (Å²) in [4.78, 5) is 34.3. The molecule has 0 aliphatic rings. The average molecular weight is 520 g/mol. The normalized spacial score (nSPS) is 11.8. The molecule has 33 heavy (non-hydrogen) atoms. The lowest BCUT2D eigenvalue weighted by Crippen LogP contribution is -2.42. The number of benzene rings is 3. The van der Waals surface area contributed by atoms with Gasteiger partial charge >= 0.3 is 0 Å². The van der Waals surface area contributed by atoms with Crippen molar-refractivity contribution in [1.29, 1.82) is 0 Å². The van der Waals surface area contributed by atoms with Gasteiger partial charge in [0.15, 0.2) is 11.6 Å². The number of halogens is 1. The first-order valence-corrected chi connectivity index (χ1v) is 12.3. The SMILES string of the molecule is CC(=O)[C@@H](Cc1ccccc1)NC(=O)CSc1nc(-c2ccc(Br)cc2)nc2ccccc12. The molecule has 0 saturated carbocycles. The number of carbonyl (C=O) groups is 2. The Morgan fingerprint density at radius 3 is 2.36 bits per heavy atom. The first kappa shape index (κ1) is 23.1. The number of amides is 1. The Balaban J connectivity index is 1.51. The van der Waals surface area contributed by atoms with Gasteiger partial charge in [-0.2, -0.15) is 0 Å². The summed E-state index contributed by atoms with van der Waals surface area (Å²) in [6, 6.07) is 24.7. The molecule has 0 aliphatic carbocycles. The largest absolute Gasteiger partial charge is 0.345 e. The number of ketones is 1. The second-order valence-electron chi connectivity index (χ2n) is 7.59. The summed E-state index contributed by atoms with van der Waals surface area (Å²) in [5.41, 5.74) is 2.72. The van der Waals surface area contributed by atoms with Gasteiger partial charge in [-0.1, -0.05) is 88.4 Å². The van der Waals surface area contributed by atoms with Crippen LogP contribution in [-0.2, 0) is 16.0 Å². The van der Waals surface area contributed by atoms with Crippen LogP contribution in [0.15, 0.2) is 88.4 Å². The summed E-state index contributed by atoms with van der Waals surface area (Å²) in [7, 11) is 0. The molecule has 1 amide bonds. The number of hydrogen-bond acceptors (Lipinski definition) is 5. The van der Waals surface area contributed by atoms with Crippen molar-refractivity contribution < 1.29 is 9.59 Å². The molecular formula is C26H22BrN3O2S. The third-order valence-corrected chi connectivity index (χ3v) is 6.64. The van der Waals surface area contributed by atoms with Gasteiger partial charge in [0.25, 0.3) is 0 Å². The second kappa shape index (κ2) is 10.7. The van der Waals surface area contributed by atoms with E-state index in [2.05, 4.69) is 21.2 Å². The Hall–Kier alpha value is -3.03. The van der Waals surface area contributed by atoms with Gasteiger partial charge in [0.1, 0.15) is 5.03 Å². The molecule has 4 aromatic rings. The molecule has 0 aliphatic heterocycles. The molecule has 0 unspecified atom stereocenters. The van der Waals surface area contributed by atoms with E-state index >= 15 is 0 Å². The number of para-hydroxylation sites is 1. The third-order valence-electron chi connectivity index (χ3n) is 5.12. The molecule has 1 heterocycles. The summed E-state index contributed by atoms with van der Waals surface area (Å²) in [5.74, 6) is 0.486. The van der Waals surface area contributed by atoms with Gasteiger partial charge < -0.3 is 5.32 Å². The molecular weight excluding hydrogens is 498 g/mol. The molecule has 0 saturated heterocycles. The number of thioether (sulfide) groups is 1. The molecule has 1 atom stereocenters. The van der Waals surface area contributed by atoms with Crippen molar-refractivity contribution in [2.75, 3.05) is 5.75 Å². The lowest BCUT2D eigenvalue weighted by atomic mass is 10.0. The molecule has 1 aromatic heterocycles. The lowest BCUT2D eigenvalue weighted by molar-refractivity contribution is -0.125. The summed E-state index contributed by atoms with van der Waals surface area (Å²) in [5, 5.41) is 4.50. The van der Waals surface area contributed by atoms with Crippen molar-refractivity contribution in [2.45, 2.75) is 24.4 Å². The summed E-state index contributed by atoms with van der Waals surface area (Å²) >= 11 is 4.80. The number of nitrogens with one attached hydrogen (secondary N) is 1. The summed E-state index contributed by atoms with van der Waals surface area (Å²) in [6.45, 7) is 1.50. The van der Waals surface area contributed by atoms with Gasteiger partial charge in [-0.25, -0.2) is 9.97 Å². The van der Waals surface area contributed by atoms with Gasteiger partial charge in [0.05, 0.1) is 17.3 Å². The Kier molecular flexibility index (Phi) is 7.52. The van der Waals surface area contributed by atoms with Gasteiger partial charge in [0.2, 0.25) is 5.91 Å². The molecule has 1 N–H and O–H groups in total. The van der Waals surface area contributed by atoms with Crippen molar-refractivity contribution in [3.05, 3.63) is 88.9 Å². The fourth-order valence-corrected chi connectivity index (χ4v) is 4.50. The molecule has 5 nitrogen and oxygen atoms in total. The summed E-state index contributed by atoms with van der Waals surface area (Å²) in [6.07, 6.45) is 0.469. The van der Waals surface area contributed by atoms with E-state index in [-0.39, 0.29) is 17.4 Å². The second-order valence-corrected chi connectivity index (χ2v) is 9.47. The number of hydrogen-bond donors (Lipinski definition) is 1. The third kappa shape index (κ3) is 6.06. The minimum absolute atomic E-state index is 0.0674. The van der Waals surface area contributed by atoms with E-state index in [4.69, 9.17) is 9.97 Å². The maximum atomic E-state index is 12.7. The standard InChI is InChI=1S/C26H22BrN3O2S/c1-17(31)23(15-18-7-3-2-4-8-18)28-24(32)16-33-26-21-9-5-6-10-22(21)29-25(30-26)19-11-13-20(27)14-12-19/h2-14,23H,15-16H2,1H3,(H,28,32)/t23-/m1/s1. The van der Waals surface area contributed by atoms with E-state index in [1.807, 2.05) is 78.9 Å². The zero-order valence-electron chi connectivity index (χ0n) is 18.0. The Morgan fingerprint density at radius 2 is 1.64 bits per heavy atom. The fourth-order valence-electron chi connectivity index (χ4n) is 3.40. The van der Waals surface area contributed by atoms with Crippen LogP contribution in [0.5, 0.6) is 0 Å². The van der Waals surface area contributed by atoms with Crippen LogP contribution in [0, 0.1) is 0 Å². The summed E-state index contributed by atoms with van der Waals surface area (Å²) < 4.78 is 0.980. The van der Waals surface area contributed by atoms with Crippen LogP contribution in [-0.4, -0.2) is 33.5 Å². The van der Waals surface area contributed by atoms with Crippen LogP contribution in [0.2, 0.25) is 0 Å². The van der Waals surface area contributed by atoms with Crippen LogP contribution < -0.4 is 5.32 Å². The predicted octanol–water partition coefficient (Wildman–Crippen LogP) is 5.47. The van der Waals surface area contributed by atoms with Crippen molar-refractivity contribution in [3.8, 4) is 11.4 Å². The smallest absolute Gasteiger partial charge is 0.231 e. The Labute approximate surface area is 205 Å². The van der Waals surface area contributed by atoms with Gasteiger partial charge in [-0.3, -0.25) is 9.59 Å². The van der Waals surface area contributed by atoms with Crippen LogP contribution in [0.25, 0.3) is 22.3 Å². The minimum atomic E-state index is -0.555. The molecule has 0 bridgehead atoms. The molecule has 7 heteroatoms. The first-order valence-electron chi connectivity index (χ1n) is 10.5. The number of fused-ring (bicyclic) bond motifs is 1. The van der Waals surface area contributed by atoms with Crippen molar-refractivity contribution >= 4 is 50.3 Å². The molecule has 3 aromatic carbocycles.